The zero-order valence-corrected chi connectivity index (χ0v) is 44.4. The van der Waals surface area contributed by atoms with Crippen LogP contribution in [0.25, 0.3) is 10.4 Å². The van der Waals surface area contributed by atoms with Crippen LogP contribution >= 0.6 is 22.9 Å². The fraction of sp³-hybridized carbons (Fsp3) is 0.537. The highest BCUT2D eigenvalue weighted by Gasteiger charge is 2.64. The van der Waals surface area contributed by atoms with Crippen LogP contribution in [0.1, 0.15) is 108 Å². The van der Waals surface area contributed by atoms with Gasteiger partial charge in [-0.05, 0) is 67.5 Å². The molecule has 0 bridgehead atoms. The summed E-state index contributed by atoms with van der Waals surface area (Å²) in [5.41, 5.74) is 4.19. The molecule has 4 atom stereocenters. The van der Waals surface area contributed by atoms with Crippen molar-refractivity contribution in [3.8, 4) is 22.3 Å². The van der Waals surface area contributed by atoms with E-state index < -0.39 is 29.5 Å². The van der Waals surface area contributed by atoms with Crippen molar-refractivity contribution < 1.29 is 29.0 Å². The van der Waals surface area contributed by atoms with E-state index in [1.165, 1.54) is 4.90 Å². The number of nitrogens with zero attached hydrogens (tertiary/aromatic N) is 6. The van der Waals surface area contributed by atoms with Crippen molar-refractivity contribution in [3.63, 3.8) is 0 Å². The molecule has 4 amide bonds. The number of aryl methyl sites for hydroxylation is 1. The molecule has 16 nitrogen and oxygen atoms in total. The average molecular weight is 1020 g/mol. The Kier molecular flexibility index (Phi) is 15.4. The second-order valence-corrected chi connectivity index (χ2v) is 23.6. The summed E-state index contributed by atoms with van der Waals surface area (Å²) in [6.45, 7) is 21.2. The van der Waals surface area contributed by atoms with Gasteiger partial charge in [-0.2, -0.15) is 5.26 Å². The summed E-state index contributed by atoms with van der Waals surface area (Å²) >= 11 is 7.84. The lowest BCUT2D eigenvalue weighted by Gasteiger charge is -2.63. The van der Waals surface area contributed by atoms with E-state index in [2.05, 4.69) is 69.8 Å². The molecule has 2 aliphatic heterocycles. The number of β-amino-alcohol motifs (C(OH)–C–C–N with tert-alkyl or cyclic N) is 1. The number of amides is 4. The quantitative estimate of drug-likeness (QED) is 0.0895. The lowest BCUT2D eigenvalue weighted by atomic mass is 9.49. The van der Waals surface area contributed by atoms with Crippen LogP contribution in [0.2, 0.25) is 5.02 Å². The van der Waals surface area contributed by atoms with Crippen molar-refractivity contribution in [2.75, 3.05) is 44.2 Å². The van der Waals surface area contributed by atoms with Crippen molar-refractivity contribution in [2.45, 2.75) is 130 Å². The standard InChI is InChI=1S/C54H69ClN10O6S/c1-31(33-10-12-34(13-11-33)45-32(2)59-30-72-45)60-48(69)42-24-39(66)29-65(42)49(70)46(52(3,4)5)61-44(67)28-57-37-22-38(23-37)63-18-20-64(21-19-63)43-17-15-36(27-58-43)47(68)62-50-53(6,7)51(54(50,8)9)71-40-16-14-35(26-56)41(55)25-40/h10-17,25,27,30-31,37-39,42,46,50-51,57,66H,18-24,28-29H2,1-9H3,(H,60,69)(H,61,67)(H,62,68)/t31-,37-,38+,39+,42-,46+,50-,51-/m0/s1. The van der Waals surface area contributed by atoms with Crippen molar-refractivity contribution in [3.05, 3.63) is 93.7 Å². The maximum atomic E-state index is 14.2. The number of aliphatic hydroxyl groups excluding tert-OH is 1. The molecule has 72 heavy (non-hydrogen) atoms. The number of pyridine rings is 1. The van der Waals surface area contributed by atoms with Crippen molar-refractivity contribution in [1.82, 2.24) is 41.0 Å². The van der Waals surface area contributed by atoms with E-state index >= 15 is 0 Å². The third-order valence-corrected chi connectivity index (χ3v) is 16.6. The Morgan fingerprint density at radius 3 is 2.25 bits per heavy atom. The number of anilines is 1. The van der Waals surface area contributed by atoms with Gasteiger partial charge in [0.1, 0.15) is 35.8 Å². The van der Waals surface area contributed by atoms with Crippen molar-refractivity contribution in [2.24, 2.45) is 16.2 Å². The van der Waals surface area contributed by atoms with Gasteiger partial charge in [-0.1, -0.05) is 84.3 Å². The second-order valence-electron chi connectivity index (χ2n) is 22.3. The molecule has 18 heteroatoms. The van der Waals surface area contributed by atoms with Gasteiger partial charge in [0.25, 0.3) is 5.91 Å². The second kappa shape index (κ2) is 21.1. The number of carbonyl (C=O) groups is 4. The van der Waals surface area contributed by atoms with E-state index in [9.17, 15) is 29.5 Å². The number of ether oxygens (including phenoxy) is 1. The predicted molar refractivity (Wildman–Crippen MR) is 279 cm³/mol. The fourth-order valence-corrected chi connectivity index (χ4v) is 12.4. The number of piperazine rings is 1. The van der Waals surface area contributed by atoms with E-state index in [4.69, 9.17) is 21.3 Å². The number of thiazole rings is 1. The highest BCUT2D eigenvalue weighted by Crippen LogP contribution is 2.55. The van der Waals surface area contributed by atoms with Crippen LogP contribution < -0.4 is 30.9 Å². The summed E-state index contributed by atoms with van der Waals surface area (Å²) in [5.74, 6) is 0.169. The number of hydrogen-bond acceptors (Lipinski definition) is 13. The molecule has 2 aromatic heterocycles. The van der Waals surface area contributed by atoms with Gasteiger partial charge < -0.3 is 40.9 Å². The topological polar surface area (TPSA) is 205 Å². The van der Waals surface area contributed by atoms with Crippen LogP contribution in [0.4, 0.5) is 5.82 Å². The lowest BCUT2D eigenvalue weighted by molar-refractivity contribution is -0.164. The molecule has 4 aromatic rings. The van der Waals surface area contributed by atoms with Crippen molar-refractivity contribution in [1.29, 1.82) is 5.26 Å². The molecule has 4 aliphatic rings. The van der Waals surface area contributed by atoms with E-state index in [0.717, 1.165) is 66.5 Å². The number of benzene rings is 2. The lowest BCUT2D eigenvalue weighted by Crippen LogP contribution is -2.74. The molecule has 0 unspecified atom stereocenters. The predicted octanol–water partition coefficient (Wildman–Crippen LogP) is 6.26. The number of carbonyl (C=O) groups excluding carboxylic acids is 4. The molecule has 5 N–H and O–H groups in total. The number of likely N-dealkylation sites (tertiary alicyclic amines) is 1. The first kappa shape index (κ1) is 52.7. The van der Waals surface area contributed by atoms with Gasteiger partial charge in [-0.25, -0.2) is 9.97 Å². The molecule has 8 rings (SSSR count). The third kappa shape index (κ3) is 11.1. The minimum absolute atomic E-state index is 0.00530. The molecule has 2 aliphatic carbocycles. The van der Waals surface area contributed by atoms with Gasteiger partial charge in [-0.15, -0.1) is 11.3 Å². The highest BCUT2D eigenvalue weighted by molar-refractivity contribution is 7.13. The van der Waals surface area contributed by atoms with Gasteiger partial charge >= 0.3 is 0 Å². The number of aliphatic hydroxyl groups is 1. The number of nitriles is 1. The molecule has 0 spiro atoms. The maximum absolute atomic E-state index is 14.2. The van der Waals surface area contributed by atoms with Crippen LogP contribution in [0.5, 0.6) is 5.75 Å². The summed E-state index contributed by atoms with van der Waals surface area (Å²) in [6.07, 6.45) is 2.48. The van der Waals surface area contributed by atoms with Gasteiger partial charge in [0.15, 0.2) is 0 Å². The number of nitrogens with one attached hydrogen (secondary N) is 4. The minimum Gasteiger partial charge on any atom is -0.489 e. The highest BCUT2D eigenvalue weighted by atomic mass is 35.5. The zero-order valence-electron chi connectivity index (χ0n) is 42.8. The summed E-state index contributed by atoms with van der Waals surface area (Å²) in [5, 5.41) is 32.9. The summed E-state index contributed by atoms with van der Waals surface area (Å²) in [7, 11) is 0. The zero-order chi connectivity index (χ0) is 51.9. The van der Waals surface area contributed by atoms with Gasteiger partial charge in [0, 0.05) is 80.4 Å². The molecule has 2 saturated carbocycles. The largest absolute Gasteiger partial charge is 0.489 e. The molecule has 2 saturated heterocycles. The minimum atomic E-state index is -0.912. The molecular formula is C54H69ClN10O6S. The van der Waals surface area contributed by atoms with Crippen LogP contribution in [0.15, 0.2) is 66.3 Å². The molecular weight excluding hydrogens is 952 g/mol. The summed E-state index contributed by atoms with van der Waals surface area (Å²) < 4.78 is 6.38. The molecule has 2 aromatic carbocycles. The first-order valence-electron chi connectivity index (χ1n) is 25.0. The average Bonchev–Trinajstić information content (AvgIpc) is 3.95. The van der Waals surface area contributed by atoms with Gasteiger partial charge in [0.2, 0.25) is 17.7 Å². The normalized spacial score (nSPS) is 24.5. The Morgan fingerprint density at radius 2 is 1.65 bits per heavy atom. The smallest absolute Gasteiger partial charge is 0.253 e. The van der Waals surface area contributed by atoms with Crippen molar-refractivity contribution >= 4 is 52.4 Å². The molecule has 384 valence electrons. The van der Waals surface area contributed by atoms with Crippen LogP contribution in [0.3, 0.4) is 0 Å². The Hall–Kier alpha value is -5.64. The Morgan fingerprint density at radius 1 is 0.958 bits per heavy atom. The SMILES string of the molecule is Cc1ncsc1-c1ccc([C@H](C)NC(=O)[C@@H]2C[C@@H](O)CN2C(=O)[C@@H](NC(=O)CN[C@H]2C[C@@H](N3CCN(c4ccc(C(=O)N[C@H]5C(C)(C)[C@H](Oc6ccc(C#N)c(Cl)c6)C5(C)C)cn4)CC3)C2)C(C)(C)C)cc1. The number of rotatable bonds is 15. The summed E-state index contributed by atoms with van der Waals surface area (Å²) in [4.78, 5) is 71.2. The van der Waals surface area contributed by atoms with Crippen LogP contribution in [-0.2, 0) is 14.4 Å². The first-order valence-corrected chi connectivity index (χ1v) is 26.2. The Labute approximate surface area is 432 Å². The Bertz CT molecular complexity index is 2650. The molecule has 0 radical (unpaired) electrons. The summed E-state index contributed by atoms with van der Waals surface area (Å²) in [6, 6.07) is 17.1. The Balaban J connectivity index is 0.759. The van der Waals surface area contributed by atoms with Gasteiger partial charge in [0.05, 0.1) is 50.9 Å². The maximum Gasteiger partial charge on any atom is 0.253 e. The number of aromatic nitrogens is 2. The molecule has 4 fully saturated rings. The van der Waals surface area contributed by atoms with E-state index in [1.54, 1.807) is 35.7 Å². The third-order valence-electron chi connectivity index (χ3n) is 15.3. The fourth-order valence-electron chi connectivity index (χ4n) is 11.4. The molecule has 4 heterocycles. The number of hydrogen-bond donors (Lipinski definition) is 5. The number of halogens is 1. The van der Waals surface area contributed by atoms with Crippen LogP contribution in [0, 0.1) is 34.5 Å². The first-order chi connectivity index (χ1) is 34.0. The van der Waals surface area contributed by atoms with E-state index in [1.807, 2.05) is 76.5 Å². The van der Waals surface area contributed by atoms with E-state index in [0.29, 0.717) is 27.9 Å². The van der Waals surface area contributed by atoms with Gasteiger partial charge in [-0.3, -0.25) is 24.1 Å². The van der Waals surface area contributed by atoms with Crippen LogP contribution in [-0.4, -0.2) is 130 Å². The van der Waals surface area contributed by atoms with E-state index in [-0.39, 0.29) is 72.3 Å². The monoisotopic (exact) mass is 1020 g/mol.